The molecule has 1 unspecified atom stereocenters. The van der Waals surface area contributed by atoms with Crippen LogP contribution in [0.1, 0.15) is 27.2 Å². The SMILES string of the molecule is CCN1CCCNCC1C(C)C. The number of hydrogen-bond acceptors (Lipinski definition) is 2. The first-order chi connectivity index (χ1) is 5.75. The van der Waals surface area contributed by atoms with Crippen molar-refractivity contribution >= 4 is 0 Å². The van der Waals surface area contributed by atoms with Crippen molar-refractivity contribution in [2.24, 2.45) is 5.92 Å². The van der Waals surface area contributed by atoms with Crippen molar-refractivity contribution in [2.45, 2.75) is 33.2 Å². The summed E-state index contributed by atoms with van der Waals surface area (Å²) in [6.45, 7) is 11.7. The van der Waals surface area contributed by atoms with Crippen LogP contribution in [-0.4, -0.2) is 37.1 Å². The molecule has 72 valence electrons. The fourth-order valence-electron chi connectivity index (χ4n) is 2.00. The summed E-state index contributed by atoms with van der Waals surface area (Å²) in [4.78, 5) is 2.60. The van der Waals surface area contributed by atoms with Gasteiger partial charge in [0.05, 0.1) is 0 Å². The monoisotopic (exact) mass is 170 g/mol. The summed E-state index contributed by atoms with van der Waals surface area (Å²) in [5.41, 5.74) is 0. The van der Waals surface area contributed by atoms with Crippen LogP contribution in [-0.2, 0) is 0 Å². The second-order valence-electron chi connectivity index (χ2n) is 4.00. The molecule has 1 saturated heterocycles. The Bertz CT molecular complexity index is 123. The number of nitrogens with one attached hydrogen (secondary N) is 1. The lowest BCUT2D eigenvalue weighted by Crippen LogP contribution is -2.43. The lowest BCUT2D eigenvalue weighted by Gasteiger charge is -2.31. The fraction of sp³-hybridized carbons (Fsp3) is 1.00. The summed E-state index contributed by atoms with van der Waals surface area (Å²) in [7, 11) is 0. The predicted molar refractivity (Wildman–Crippen MR) is 53.4 cm³/mol. The quantitative estimate of drug-likeness (QED) is 0.672. The Labute approximate surface area is 76.3 Å². The minimum Gasteiger partial charge on any atom is -0.315 e. The molecular formula is C10H22N2. The summed E-state index contributed by atoms with van der Waals surface area (Å²) in [6, 6.07) is 0.748. The zero-order chi connectivity index (χ0) is 8.97. The van der Waals surface area contributed by atoms with Crippen molar-refractivity contribution in [3.8, 4) is 0 Å². The van der Waals surface area contributed by atoms with Crippen LogP contribution in [0.3, 0.4) is 0 Å². The van der Waals surface area contributed by atoms with Gasteiger partial charge in [0.15, 0.2) is 0 Å². The molecule has 0 aromatic rings. The Kier molecular flexibility index (Phi) is 4.02. The number of hydrogen-bond donors (Lipinski definition) is 1. The van der Waals surface area contributed by atoms with Gasteiger partial charge in [-0.2, -0.15) is 0 Å². The van der Waals surface area contributed by atoms with Crippen LogP contribution in [0, 0.1) is 5.92 Å². The summed E-state index contributed by atoms with van der Waals surface area (Å²) in [6.07, 6.45) is 1.30. The zero-order valence-corrected chi connectivity index (χ0v) is 8.64. The zero-order valence-electron chi connectivity index (χ0n) is 8.64. The normalized spacial score (nSPS) is 27.5. The van der Waals surface area contributed by atoms with Gasteiger partial charge in [0.25, 0.3) is 0 Å². The molecule has 1 atom stereocenters. The lowest BCUT2D eigenvalue weighted by molar-refractivity contribution is 0.175. The standard InChI is InChI=1S/C10H22N2/c1-4-12-7-5-6-11-8-10(12)9(2)3/h9-11H,4-8H2,1-3H3. The van der Waals surface area contributed by atoms with Crippen molar-refractivity contribution < 1.29 is 0 Å². The molecule has 0 radical (unpaired) electrons. The minimum absolute atomic E-state index is 0.748. The highest BCUT2D eigenvalue weighted by Gasteiger charge is 2.21. The average Bonchev–Trinajstić information content (AvgIpc) is 2.27. The molecule has 0 bridgehead atoms. The summed E-state index contributed by atoms with van der Waals surface area (Å²) in [5.74, 6) is 0.774. The Morgan fingerprint density at radius 1 is 1.50 bits per heavy atom. The van der Waals surface area contributed by atoms with Crippen molar-refractivity contribution in [1.29, 1.82) is 0 Å². The first-order valence-electron chi connectivity index (χ1n) is 5.20. The van der Waals surface area contributed by atoms with Gasteiger partial charge in [-0.1, -0.05) is 20.8 Å². The molecule has 1 fully saturated rings. The van der Waals surface area contributed by atoms with Gasteiger partial charge in [-0.05, 0) is 32.0 Å². The summed E-state index contributed by atoms with van der Waals surface area (Å²) < 4.78 is 0. The minimum atomic E-state index is 0.748. The highest BCUT2D eigenvalue weighted by Crippen LogP contribution is 2.12. The van der Waals surface area contributed by atoms with E-state index in [-0.39, 0.29) is 0 Å². The van der Waals surface area contributed by atoms with E-state index >= 15 is 0 Å². The van der Waals surface area contributed by atoms with Gasteiger partial charge in [-0.25, -0.2) is 0 Å². The molecule has 1 heterocycles. The van der Waals surface area contributed by atoms with Crippen LogP contribution < -0.4 is 5.32 Å². The lowest BCUT2D eigenvalue weighted by atomic mass is 10.0. The number of nitrogens with zero attached hydrogens (tertiary/aromatic N) is 1. The second-order valence-corrected chi connectivity index (χ2v) is 4.00. The molecule has 2 nitrogen and oxygen atoms in total. The third-order valence-corrected chi connectivity index (χ3v) is 2.80. The molecule has 2 heteroatoms. The molecule has 1 aliphatic rings. The van der Waals surface area contributed by atoms with Crippen molar-refractivity contribution in [3.05, 3.63) is 0 Å². The van der Waals surface area contributed by atoms with Gasteiger partial charge in [-0.3, -0.25) is 4.90 Å². The van der Waals surface area contributed by atoms with Gasteiger partial charge in [-0.15, -0.1) is 0 Å². The van der Waals surface area contributed by atoms with Gasteiger partial charge >= 0.3 is 0 Å². The van der Waals surface area contributed by atoms with Gasteiger partial charge in [0, 0.05) is 12.6 Å². The Morgan fingerprint density at radius 2 is 2.25 bits per heavy atom. The second kappa shape index (κ2) is 4.83. The van der Waals surface area contributed by atoms with Crippen LogP contribution in [0.15, 0.2) is 0 Å². The van der Waals surface area contributed by atoms with E-state index in [0.29, 0.717) is 0 Å². The highest BCUT2D eigenvalue weighted by atomic mass is 15.2. The number of rotatable bonds is 2. The van der Waals surface area contributed by atoms with Crippen LogP contribution >= 0.6 is 0 Å². The first-order valence-corrected chi connectivity index (χ1v) is 5.20. The molecule has 1 aliphatic heterocycles. The summed E-state index contributed by atoms with van der Waals surface area (Å²) in [5, 5.41) is 3.50. The largest absolute Gasteiger partial charge is 0.315 e. The molecular weight excluding hydrogens is 148 g/mol. The third kappa shape index (κ3) is 2.46. The molecule has 0 aliphatic carbocycles. The predicted octanol–water partition coefficient (Wildman–Crippen LogP) is 1.33. The van der Waals surface area contributed by atoms with Crippen LogP contribution in [0.2, 0.25) is 0 Å². The Morgan fingerprint density at radius 3 is 2.83 bits per heavy atom. The van der Waals surface area contributed by atoms with Gasteiger partial charge in [0.2, 0.25) is 0 Å². The average molecular weight is 170 g/mol. The first kappa shape index (κ1) is 10.0. The molecule has 0 saturated carbocycles. The van der Waals surface area contributed by atoms with Gasteiger partial charge in [0.1, 0.15) is 0 Å². The Hall–Kier alpha value is -0.0800. The molecule has 0 aromatic heterocycles. The maximum atomic E-state index is 3.50. The van der Waals surface area contributed by atoms with E-state index in [0.717, 1.165) is 12.0 Å². The highest BCUT2D eigenvalue weighted by molar-refractivity contribution is 4.79. The van der Waals surface area contributed by atoms with E-state index < -0.39 is 0 Å². The van der Waals surface area contributed by atoms with E-state index in [1.807, 2.05) is 0 Å². The fourth-order valence-corrected chi connectivity index (χ4v) is 2.00. The number of likely N-dealkylation sites (N-methyl/N-ethyl adjacent to an activating group) is 1. The van der Waals surface area contributed by atoms with Crippen LogP contribution in [0.5, 0.6) is 0 Å². The van der Waals surface area contributed by atoms with Crippen molar-refractivity contribution in [2.75, 3.05) is 26.2 Å². The van der Waals surface area contributed by atoms with Crippen LogP contribution in [0.4, 0.5) is 0 Å². The molecule has 1 N–H and O–H groups in total. The Balaban J connectivity index is 2.51. The molecule has 1 rings (SSSR count). The van der Waals surface area contributed by atoms with E-state index in [4.69, 9.17) is 0 Å². The maximum absolute atomic E-state index is 3.50. The van der Waals surface area contributed by atoms with Gasteiger partial charge < -0.3 is 5.32 Å². The van der Waals surface area contributed by atoms with E-state index in [1.54, 1.807) is 0 Å². The topological polar surface area (TPSA) is 15.3 Å². The van der Waals surface area contributed by atoms with Crippen LogP contribution in [0.25, 0.3) is 0 Å². The summed E-state index contributed by atoms with van der Waals surface area (Å²) >= 11 is 0. The smallest absolute Gasteiger partial charge is 0.0243 e. The molecule has 0 spiro atoms. The van der Waals surface area contributed by atoms with E-state index in [1.165, 1.54) is 32.6 Å². The van der Waals surface area contributed by atoms with E-state index in [9.17, 15) is 0 Å². The molecule has 0 amide bonds. The third-order valence-electron chi connectivity index (χ3n) is 2.80. The maximum Gasteiger partial charge on any atom is 0.0243 e. The van der Waals surface area contributed by atoms with Crippen molar-refractivity contribution in [1.82, 2.24) is 10.2 Å². The van der Waals surface area contributed by atoms with Crippen molar-refractivity contribution in [3.63, 3.8) is 0 Å². The molecule has 12 heavy (non-hydrogen) atoms. The molecule has 0 aromatic carbocycles. The van der Waals surface area contributed by atoms with E-state index in [2.05, 4.69) is 31.0 Å².